The van der Waals surface area contributed by atoms with E-state index in [-0.39, 0.29) is 45.0 Å². The average Bonchev–Trinajstić information content (AvgIpc) is 2.54. The third-order valence-corrected chi connectivity index (χ3v) is 3.86. The van der Waals surface area contributed by atoms with Crippen LogP contribution in [0.15, 0.2) is 39.5 Å². The molecule has 6 heteroatoms. The third-order valence-electron chi connectivity index (χ3n) is 3.86. The number of phenolic OH excluding ortho intramolecular Hbond substituents is 3. The lowest BCUT2D eigenvalue weighted by Gasteiger charge is -2.12. The van der Waals surface area contributed by atoms with Gasteiger partial charge in [-0.15, -0.1) is 0 Å². The lowest BCUT2D eigenvalue weighted by molar-refractivity contribution is 0.408. The zero-order valence-corrected chi connectivity index (χ0v) is 13.2. The Morgan fingerprint density at radius 1 is 1.08 bits per heavy atom. The summed E-state index contributed by atoms with van der Waals surface area (Å²) >= 11 is 0. The van der Waals surface area contributed by atoms with Gasteiger partial charge in [-0.3, -0.25) is 4.79 Å². The van der Waals surface area contributed by atoms with Gasteiger partial charge in [0, 0.05) is 23.8 Å². The summed E-state index contributed by atoms with van der Waals surface area (Å²) in [5, 5.41) is 29.7. The summed E-state index contributed by atoms with van der Waals surface area (Å²) in [5.74, 6) is -0.00114. The molecule has 1 aromatic heterocycles. The zero-order valence-electron chi connectivity index (χ0n) is 13.2. The first-order chi connectivity index (χ1) is 11.5. The minimum atomic E-state index is -0.374. The van der Waals surface area contributed by atoms with Gasteiger partial charge in [0.2, 0.25) is 0 Å². The molecule has 0 saturated heterocycles. The summed E-state index contributed by atoms with van der Waals surface area (Å²) in [5.41, 5.74) is 0.382. The number of fused-ring (bicyclic) bond motifs is 1. The molecular formula is C18H16O6. The topological polar surface area (TPSA) is 100 Å². The minimum absolute atomic E-state index is 0.0645. The zero-order chi connectivity index (χ0) is 17.4. The molecule has 24 heavy (non-hydrogen) atoms. The fourth-order valence-electron chi connectivity index (χ4n) is 2.68. The molecule has 0 aliphatic heterocycles. The molecule has 3 rings (SSSR count). The van der Waals surface area contributed by atoms with E-state index in [1.165, 1.54) is 37.4 Å². The average molecular weight is 328 g/mol. The lowest BCUT2D eigenvalue weighted by atomic mass is 10.0. The van der Waals surface area contributed by atoms with E-state index >= 15 is 0 Å². The van der Waals surface area contributed by atoms with Crippen molar-refractivity contribution < 1.29 is 24.5 Å². The molecule has 0 aliphatic rings. The van der Waals surface area contributed by atoms with Crippen molar-refractivity contribution in [3.05, 3.63) is 46.1 Å². The number of hydrogen-bond acceptors (Lipinski definition) is 6. The van der Waals surface area contributed by atoms with Gasteiger partial charge < -0.3 is 24.5 Å². The van der Waals surface area contributed by atoms with E-state index in [1.807, 2.05) is 0 Å². The Morgan fingerprint density at radius 3 is 2.46 bits per heavy atom. The van der Waals surface area contributed by atoms with Crippen LogP contribution < -0.4 is 10.2 Å². The molecular weight excluding hydrogens is 312 g/mol. The molecule has 0 spiro atoms. The lowest BCUT2D eigenvalue weighted by Crippen LogP contribution is -2.10. The molecule has 0 aliphatic carbocycles. The van der Waals surface area contributed by atoms with Crippen LogP contribution in [-0.4, -0.2) is 22.4 Å². The maximum atomic E-state index is 12.8. The number of benzene rings is 2. The molecule has 0 unspecified atom stereocenters. The van der Waals surface area contributed by atoms with Gasteiger partial charge in [-0.1, -0.05) is 6.92 Å². The number of methoxy groups -OCH3 is 1. The van der Waals surface area contributed by atoms with Crippen molar-refractivity contribution >= 4 is 11.0 Å². The Labute approximate surface area is 137 Å². The standard InChI is InChI=1S/C18H16O6/c1-3-11-17(22)16-14(21)7-10(23-2)8-15(16)24-18(11)12-5-4-9(19)6-13(12)20/h4-8,19-21H,3H2,1-2H3. The number of rotatable bonds is 3. The minimum Gasteiger partial charge on any atom is -0.508 e. The van der Waals surface area contributed by atoms with Crippen LogP contribution in [0.5, 0.6) is 23.0 Å². The number of phenols is 3. The first-order valence-corrected chi connectivity index (χ1v) is 7.35. The molecule has 0 fully saturated rings. The van der Waals surface area contributed by atoms with Crippen molar-refractivity contribution in [2.24, 2.45) is 0 Å². The van der Waals surface area contributed by atoms with Crippen LogP contribution in [0, 0.1) is 0 Å². The highest BCUT2D eigenvalue weighted by molar-refractivity contribution is 5.87. The molecule has 6 nitrogen and oxygen atoms in total. The van der Waals surface area contributed by atoms with E-state index < -0.39 is 0 Å². The Morgan fingerprint density at radius 2 is 1.83 bits per heavy atom. The molecule has 0 bridgehead atoms. The van der Waals surface area contributed by atoms with Crippen LogP contribution in [0.4, 0.5) is 0 Å². The van der Waals surface area contributed by atoms with Crippen molar-refractivity contribution in [3.63, 3.8) is 0 Å². The molecule has 0 saturated carbocycles. The highest BCUT2D eigenvalue weighted by Gasteiger charge is 2.20. The summed E-state index contributed by atoms with van der Waals surface area (Å²) in [4.78, 5) is 12.8. The highest BCUT2D eigenvalue weighted by Crippen LogP contribution is 2.37. The molecule has 1 heterocycles. The van der Waals surface area contributed by atoms with Gasteiger partial charge >= 0.3 is 0 Å². The number of aromatic hydroxyl groups is 3. The molecule has 3 N–H and O–H groups in total. The summed E-state index contributed by atoms with van der Waals surface area (Å²) < 4.78 is 10.9. The second-order valence-corrected chi connectivity index (χ2v) is 5.31. The van der Waals surface area contributed by atoms with Crippen LogP contribution >= 0.6 is 0 Å². The monoisotopic (exact) mass is 328 g/mol. The van der Waals surface area contributed by atoms with Crippen LogP contribution in [0.2, 0.25) is 0 Å². The predicted molar refractivity (Wildman–Crippen MR) is 88.8 cm³/mol. The largest absolute Gasteiger partial charge is 0.508 e. The maximum absolute atomic E-state index is 12.8. The van der Waals surface area contributed by atoms with E-state index in [1.54, 1.807) is 6.92 Å². The first kappa shape index (κ1) is 15.7. The van der Waals surface area contributed by atoms with E-state index in [0.29, 0.717) is 17.7 Å². The molecule has 0 amide bonds. The Hall–Kier alpha value is -3.15. The van der Waals surface area contributed by atoms with Gasteiger partial charge in [0.25, 0.3) is 0 Å². The second-order valence-electron chi connectivity index (χ2n) is 5.31. The van der Waals surface area contributed by atoms with Crippen LogP contribution in [-0.2, 0) is 6.42 Å². The number of hydrogen-bond donors (Lipinski definition) is 3. The van der Waals surface area contributed by atoms with E-state index in [4.69, 9.17) is 9.15 Å². The Bertz CT molecular complexity index is 987. The Balaban J connectivity index is 2.41. The summed E-state index contributed by atoms with van der Waals surface area (Å²) in [6, 6.07) is 6.87. The molecule has 2 aromatic carbocycles. The van der Waals surface area contributed by atoms with Crippen LogP contribution in [0.3, 0.4) is 0 Å². The smallest absolute Gasteiger partial charge is 0.200 e. The SMILES string of the molecule is CCc1c(-c2ccc(O)cc2O)oc2cc(OC)cc(O)c2c1=O. The quantitative estimate of drug-likeness (QED) is 0.683. The molecule has 0 radical (unpaired) electrons. The van der Waals surface area contributed by atoms with Gasteiger partial charge in [-0.05, 0) is 18.6 Å². The van der Waals surface area contributed by atoms with Gasteiger partial charge in [0.05, 0.1) is 12.7 Å². The summed E-state index contributed by atoms with van der Waals surface area (Å²) in [6.45, 7) is 1.78. The summed E-state index contributed by atoms with van der Waals surface area (Å²) in [6.07, 6.45) is 0.347. The van der Waals surface area contributed by atoms with Crippen LogP contribution in [0.25, 0.3) is 22.3 Å². The normalized spacial score (nSPS) is 10.9. The van der Waals surface area contributed by atoms with Gasteiger partial charge in [-0.25, -0.2) is 0 Å². The van der Waals surface area contributed by atoms with Crippen molar-refractivity contribution in [2.75, 3.05) is 7.11 Å². The van der Waals surface area contributed by atoms with Crippen molar-refractivity contribution in [1.82, 2.24) is 0 Å². The van der Waals surface area contributed by atoms with Gasteiger partial charge in [0.1, 0.15) is 39.7 Å². The van der Waals surface area contributed by atoms with E-state index in [2.05, 4.69) is 0 Å². The maximum Gasteiger partial charge on any atom is 0.200 e. The highest BCUT2D eigenvalue weighted by atomic mass is 16.5. The molecule has 0 atom stereocenters. The second kappa shape index (κ2) is 5.81. The fourth-order valence-corrected chi connectivity index (χ4v) is 2.68. The molecule has 3 aromatic rings. The number of ether oxygens (including phenoxy) is 1. The summed E-state index contributed by atoms with van der Waals surface area (Å²) in [7, 11) is 1.44. The predicted octanol–water partition coefficient (Wildman–Crippen LogP) is 3.15. The van der Waals surface area contributed by atoms with Gasteiger partial charge in [-0.2, -0.15) is 0 Å². The fraction of sp³-hybridized carbons (Fsp3) is 0.167. The van der Waals surface area contributed by atoms with Gasteiger partial charge in [0.15, 0.2) is 5.43 Å². The van der Waals surface area contributed by atoms with Crippen LogP contribution in [0.1, 0.15) is 12.5 Å². The van der Waals surface area contributed by atoms with E-state index in [0.717, 1.165) is 0 Å². The Kier molecular flexibility index (Phi) is 3.81. The van der Waals surface area contributed by atoms with Crippen molar-refractivity contribution in [3.8, 4) is 34.3 Å². The van der Waals surface area contributed by atoms with Crippen molar-refractivity contribution in [1.29, 1.82) is 0 Å². The van der Waals surface area contributed by atoms with Crippen molar-refractivity contribution in [2.45, 2.75) is 13.3 Å². The molecule has 124 valence electrons. The van der Waals surface area contributed by atoms with E-state index in [9.17, 15) is 20.1 Å². The first-order valence-electron chi connectivity index (χ1n) is 7.35. The third kappa shape index (κ3) is 2.42.